The van der Waals surface area contributed by atoms with Crippen molar-refractivity contribution in [3.05, 3.63) is 70.6 Å². The molecule has 2 unspecified atom stereocenters. The summed E-state index contributed by atoms with van der Waals surface area (Å²) in [6.07, 6.45) is 1.53. The molecule has 150 valence electrons. The highest BCUT2D eigenvalue weighted by Gasteiger charge is 2.53. The van der Waals surface area contributed by atoms with E-state index in [1.807, 2.05) is 0 Å². The summed E-state index contributed by atoms with van der Waals surface area (Å²) in [5.41, 5.74) is 2.21. The second-order valence-electron chi connectivity index (χ2n) is 6.90. The van der Waals surface area contributed by atoms with Gasteiger partial charge in [-0.1, -0.05) is 0 Å². The molecule has 1 aromatic carbocycles. The minimum atomic E-state index is -1.25. The quantitative estimate of drug-likeness (QED) is 0.291. The van der Waals surface area contributed by atoms with Crippen LogP contribution in [0.5, 0.6) is 0 Å². The summed E-state index contributed by atoms with van der Waals surface area (Å²) in [5, 5.41) is 12.8. The molecule has 2 atom stereocenters. The third kappa shape index (κ3) is 2.78. The van der Waals surface area contributed by atoms with E-state index in [9.17, 15) is 19.5 Å². The van der Waals surface area contributed by atoms with E-state index in [1.54, 1.807) is 47.2 Å². The van der Waals surface area contributed by atoms with E-state index in [2.05, 4.69) is 9.97 Å². The first-order chi connectivity index (χ1) is 14.6. The lowest BCUT2D eigenvalue weighted by Crippen LogP contribution is -2.30. The molecular weight excluding hydrogens is 406 g/mol. The van der Waals surface area contributed by atoms with Gasteiger partial charge in [0.15, 0.2) is 5.78 Å². The highest BCUT2D eigenvalue weighted by Crippen LogP contribution is 2.42. The number of carbonyl (C=O) groups is 3. The molecule has 8 nitrogen and oxygen atoms in total. The Balaban J connectivity index is 1.66. The number of fused-ring (bicyclic) bond motifs is 1. The van der Waals surface area contributed by atoms with Gasteiger partial charge >= 0.3 is 0 Å². The van der Waals surface area contributed by atoms with Gasteiger partial charge in [0.25, 0.3) is 5.91 Å². The number of hydrogen-bond acceptors (Lipinski definition) is 7. The lowest BCUT2D eigenvalue weighted by atomic mass is 9.89. The van der Waals surface area contributed by atoms with Gasteiger partial charge in [-0.15, -0.1) is 0 Å². The van der Waals surface area contributed by atoms with Gasteiger partial charge in [-0.05, 0) is 41.8 Å². The standard InChI is InChI=1S/C21H15N3O5S/c25-8-13-2-4-16(29-13)18-17(19(26)11-5-6-30-9-11)20(27)21(28)24(18)12-1-3-14-15(7-12)23-10-22-14/h1-7,9-10,17-18,25H,8H2,(H,22,23). The van der Waals surface area contributed by atoms with Gasteiger partial charge in [0.05, 0.1) is 17.4 Å². The number of rotatable bonds is 5. The van der Waals surface area contributed by atoms with Crippen molar-refractivity contribution in [1.29, 1.82) is 0 Å². The number of H-pyrrole nitrogens is 1. The van der Waals surface area contributed by atoms with E-state index in [1.165, 1.54) is 22.6 Å². The number of hydrogen-bond donors (Lipinski definition) is 2. The summed E-state index contributed by atoms with van der Waals surface area (Å²) in [5.74, 6) is -2.72. The maximum absolute atomic E-state index is 13.2. The number of aromatic nitrogens is 2. The zero-order valence-electron chi connectivity index (χ0n) is 15.4. The molecular formula is C21H15N3O5S. The summed E-state index contributed by atoms with van der Waals surface area (Å²) in [4.78, 5) is 47.6. The Hall–Kier alpha value is -3.56. The van der Waals surface area contributed by atoms with Crippen LogP contribution in [0.3, 0.4) is 0 Å². The summed E-state index contributed by atoms with van der Waals surface area (Å²) in [6, 6.07) is 8.91. The largest absolute Gasteiger partial charge is 0.461 e. The number of aliphatic hydroxyl groups is 1. The highest BCUT2D eigenvalue weighted by molar-refractivity contribution is 7.08. The SMILES string of the molecule is O=C1C(=O)N(c2ccc3nc[nH]c3c2)C(c2ccc(CO)o2)C1C(=O)c1ccsc1. The van der Waals surface area contributed by atoms with E-state index < -0.39 is 29.4 Å². The number of ketones is 2. The van der Waals surface area contributed by atoms with Gasteiger partial charge in [-0.2, -0.15) is 11.3 Å². The lowest BCUT2D eigenvalue weighted by molar-refractivity contribution is -0.135. The van der Waals surface area contributed by atoms with Crippen molar-refractivity contribution in [3.63, 3.8) is 0 Å². The Morgan fingerprint density at radius 1 is 1.23 bits per heavy atom. The van der Waals surface area contributed by atoms with Crippen LogP contribution in [0, 0.1) is 5.92 Å². The molecule has 0 aliphatic carbocycles. The molecule has 0 saturated carbocycles. The Kier molecular flexibility index (Phi) is 4.34. The molecule has 0 spiro atoms. The van der Waals surface area contributed by atoms with E-state index in [4.69, 9.17) is 4.42 Å². The molecule has 1 aliphatic heterocycles. The van der Waals surface area contributed by atoms with Gasteiger partial charge in [-0.3, -0.25) is 19.3 Å². The number of Topliss-reactive ketones (excluding diaryl/α,β-unsaturated/α-hetero) is 2. The Morgan fingerprint density at radius 3 is 2.83 bits per heavy atom. The van der Waals surface area contributed by atoms with Crippen molar-refractivity contribution in [2.45, 2.75) is 12.6 Å². The molecule has 1 amide bonds. The molecule has 4 heterocycles. The molecule has 1 saturated heterocycles. The van der Waals surface area contributed by atoms with E-state index in [-0.39, 0.29) is 18.1 Å². The molecule has 5 rings (SSSR count). The summed E-state index contributed by atoms with van der Waals surface area (Å²) in [7, 11) is 0. The van der Waals surface area contributed by atoms with Crippen LogP contribution < -0.4 is 4.90 Å². The van der Waals surface area contributed by atoms with Crippen molar-refractivity contribution >= 4 is 45.5 Å². The van der Waals surface area contributed by atoms with Crippen molar-refractivity contribution in [1.82, 2.24) is 9.97 Å². The molecule has 4 aromatic rings. The molecule has 1 aliphatic rings. The number of nitrogens with one attached hydrogen (secondary N) is 1. The molecule has 2 N–H and O–H groups in total. The van der Waals surface area contributed by atoms with Gasteiger partial charge in [0.2, 0.25) is 5.78 Å². The minimum absolute atomic E-state index is 0.261. The topological polar surface area (TPSA) is 116 Å². The van der Waals surface area contributed by atoms with Crippen molar-refractivity contribution in [3.8, 4) is 0 Å². The minimum Gasteiger partial charge on any atom is -0.461 e. The normalized spacial score (nSPS) is 19.2. The van der Waals surface area contributed by atoms with Gasteiger partial charge in [-0.25, -0.2) is 4.98 Å². The van der Waals surface area contributed by atoms with Crippen molar-refractivity contribution in [2.75, 3.05) is 4.90 Å². The number of imidazole rings is 1. The molecule has 0 radical (unpaired) electrons. The number of anilines is 1. The zero-order valence-corrected chi connectivity index (χ0v) is 16.3. The molecule has 30 heavy (non-hydrogen) atoms. The summed E-state index contributed by atoms with van der Waals surface area (Å²) < 4.78 is 5.67. The van der Waals surface area contributed by atoms with Crippen LogP contribution in [0.4, 0.5) is 5.69 Å². The van der Waals surface area contributed by atoms with E-state index >= 15 is 0 Å². The number of amides is 1. The van der Waals surface area contributed by atoms with Crippen molar-refractivity contribution < 1.29 is 23.9 Å². The predicted octanol–water partition coefficient (Wildman–Crippen LogP) is 2.87. The second kappa shape index (κ2) is 7.05. The molecule has 3 aromatic heterocycles. The average molecular weight is 421 g/mol. The smallest absolute Gasteiger partial charge is 0.295 e. The van der Waals surface area contributed by atoms with Gasteiger partial charge < -0.3 is 14.5 Å². The number of aliphatic hydroxyl groups excluding tert-OH is 1. The Labute approximate surface area is 173 Å². The van der Waals surface area contributed by atoms with E-state index in [0.717, 1.165) is 0 Å². The highest BCUT2D eigenvalue weighted by atomic mass is 32.1. The number of nitrogens with zero attached hydrogens (tertiary/aromatic N) is 2. The molecule has 1 fully saturated rings. The van der Waals surface area contributed by atoms with E-state index in [0.29, 0.717) is 22.3 Å². The fourth-order valence-corrected chi connectivity index (χ4v) is 4.44. The number of benzene rings is 1. The maximum atomic E-state index is 13.2. The first-order valence-electron chi connectivity index (χ1n) is 9.15. The number of carbonyl (C=O) groups excluding carboxylic acids is 3. The van der Waals surface area contributed by atoms with Crippen LogP contribution in [0.25, 0.3) is 11.0 Å². The van der Waals surface area contributed by atoms with Crippen molar-refractivity contribution in [2.24, 2.45) is 5.92 Å². The number of furan rings is 1. The second-order valence-corrected chi connectivity index (χ2v) is 7.68. The molecule has 0 bridgehead atoms. The fourth-order valence-electron chi connectivity index (χ4n) is 3.80. The third-order valence-electron chi connectivity index (χ3n) is 5.21. The number of thiophene rings is 1. The maximum Gasteiger partial charge on any atom is 0.295 e. The van der Waals surface area contributed by atoms with Crippen LogP contribution in [0.1, 0.15) is 27.9 Å². The van der Waals surface area contributed by atoms with Gasteiger partial charge in [0.1, 0.15) is 30.1 Å². The summed E-state index contributed by atoms with van der Waals surface area (Å²) in [6.45, 7) is -0.335. The Bertz CT molecular complexity index is 1270. The van der Waals surface area contributed by atoms with Crippen LogP contribution in [0.15, 0.2) is 57.9 Å². The first-order valence-corrected chi connectivity index (χ1v) is 10.1. The van der Waals surface area contributed by atoms with Crippen LogP contribution in [0.2, 0.25) is 0 Å². The van der Waals surface area contributed by atoms with Crippen LogP contribution >= 0.6 is 11.3 Å². The summed E-state index contributed by atoms with van der Waals surface area (Å²) >= 11 is 1.33. The Morgan fingerprint density at radius 2 is 2.10 bits per heavy atom. The van der Waals surface area contributed by atoms with Crippen LogP contribution in [-0.4, -0.2) is 32.5 Å². The van der Waals surface area contributed by atoms with Crippen LogP contribution in [-0.2, 0) is 16.2 Å². The molecule has 9 heteroatoms. The third-order valence-corrected chi connectivity index (χ3v) is 5.89. The average Bonchev–Trinajstić information content (AvgIpc) is 3.54. The predicted molar refractivity (Wildman–Crippen MR) is 108 cm³/mol. The lowest BCUT2D eigenvalue weighted by Gasteiger charge is -2.25. The first kappa shape index (κ1) is 18.5. The number of aromatic amines is 1. The fraction of sp³-hybridized carbons (Fsp3) is 0.143. The monoisotopic (exact) mass is 421 g/mol. The van der Waals surface area contributed by atoms with Gasteiger partial charge in [0, 0.05) is 16.6 Å². The zero-order chi connectivity index (χ0) is 20.8.